The molecule has 2 aromatic carbocycles. The first-order valence-electron chi connectivity index (χ1n) is 4.44. The van der Waals surface area contributed by atoms with E-state index in [1.807, 2.05) is 13.8 Å². The van der Waals surface area contributed by atoms with Gasteiger partial charge in [-0.1, -0.05) is 38.1 Å². The van der Waals surface area contributed by atoms with E-state index in [2.05, 4.69) is 0 Å². The molecule has 3 nitrogen and oxygen atoms in total. The van der Waals surface area contributed by atoms with Gasteiger partial charge in [0, 0.05) is 10.8 Å². The summed E-state index contributed by atoms with van der Waals surface area (Å²) in [6.07, 6.45) is 0. The number of hydrogen-bond donors (Lipinski definition) is 0. The highest BCUT2D eigenvalue weighted by molar-refractivity contribution is 5.83. The molecule has 0 heterocycles. The highest BCUT2D eigenvalue weighted by Gasteiger charge is 2.09. The highest BCUT2D eigenvalue weighted by Crippen LogP contribution is 2.01. The second-order valence-corrected chi connectivity index (χ2v) is 2.53. The summed E-state index contributed by atoms with van der Waals surface area (Å²) in [4.78, 5) is 32.9. The molecule has 0 radical (unpaired) electrons. The van der Waals surface area contributed by atoms with Gasteiger partial charge in [0.1, 0.15) is 0 Å². The zero-order valence-electron chi connectivity index (χ0n) is 8.03. The third-order valence-corrected chi connectivity index (χ3v) is 1.83. The van der Waals surface area contributed by atoms with Crippen LogP contribution >= 0.6 is 0 Å². The van der Waals surface area contributed by atoms with Crippen molar-refractivity contribution in [2.24, 2.45) is 0 Å². The number of rotatable bonds is 0. The summed E-state index contributed by atoms with van der Waals surface area (Å²) in [6, 6.07) is 6.23. The lowest BCUT2D eigenvalue weighted by Crippen LogP contribution is -2.29. The van der Waals surface area contributed by atoms with Gasteiger partial charge in [-0.05, 0) is 0 Å². The Labute approximate surface area is 80.3 Å². The average Bonchev–Trinajstić information content (AvgIpc) is 2.48. The lowest BCUT2D eigenvalue weighted by Gasteiger charge is -1.81. The molecule has 0 aromatic heterocycles. The first kappa shape index (κ1) is 10.3. The van der Waals surface area contributed by atoms with Gasteiger partial charge < -0.3 is 0 Å². The van der Waals surface area contributed by atoms with Crippen molar-refractivity contribution in [3.8, 4) is 0 Å². The molecule has 0 spiro atoms. The van der Waals surface area contributed by atoms with Gasteiger partial charge in [-0.25, -0.2) is 0 Å². The minimum atomic E-state index is -0.920. The predicted octanol–water partition coefficient (Wildman–Crippen LogP) is 0.822. The molecule has 0 aliphatic rings. The van der Waals surface area contributed by atoms with E-state index in [1.165, 1.54) is 12.1 Å². The van der Waals surface area contributed by atoms with E-state index in [4.69, 9.17) is 0 Å². The summed E-state index contributed by atoms with van der Waals surface area (Å²) < 4.78 is 0. The summed E-state index contributed by atoms with van der Waals surface area (Å²) in [7, 11) is 0. The van der Waals surface area contributed by atoms with E-state index in [0.717, 1.165) is 0 Å². The van der Waals surface area contributed by atoms with Crippen molar-refractivity contribution in [1.82, 2.24) is 0 Å². The Bertz CT molecular complexity index is 525. The molecule has 0 unspecified atom stereocenters. The summed E-state index contributed by atoms with van der Waals surface area (Å²) in [5.41, 5.74) is -2.29. The Morgan fingerprint density at radius 1 is 0.714 bits per heavy atom. The van der Waals surface area contributed by atoms with Crippen molar-refractivity contribution in [2.75, 3.05) is 0 Å². The Morgan fingerprint density at radius 3 is 1.43 bits per heavy atom. The van der Waals surface area contributed by atoms with Crippen molar-refractivity contribution < 1.29 is 0 Å². The molecule has 0 atom stereocenters. The van der Waals surface area contributed by atoms with Crippen LogP contribution in [-0.2, 0) is 0 Å². The topological polar surface area (TPSA) is 51.2 Å². The van der Waals surface area contributed by atoms with Gasteiger partial charge in [0.15, 0.2) is 0 Å². The van der Waals surface area contributed by atoms with Gasteiger partial charge in [-0.2, -0.15) is 0 Å². The van der Waals surface area contributed by atoms with Crippen LogP contribution in [0.2, 0.25) is 0 Å². The molecule has 0 N–H and O–H groups in total. The van der Waals surface area contributed by atoms with Crippen LogP contribution in [0.5, 0.6) is 0 Å². The second kappa shape index (κ2) is 3.96. The van der Waals surface area contributed by atoms with Crippen molar-refractivity contribution in [3.63, 3.8) is 0 Å². The van der Waals surface area contributed by atoms with E-state index < -0.39 is 16.3 Å². The largest absolute Gasteiger partial charge is 0.285 e. The van der Waals surface area contributed by atoms with Gasteiger partial charge in [0.25, 0.3) is 5.43 Å². The minimum absolute atomic E-state index is 0.229. The molecule has 0 aliphatic carbocycles. The molecule has 0 saturated heterocycles. The average molecular weight is 190 g/mol. The van der Waals surface area contributed by atoms with E-state index in [9.17, 15) is 14.4 Å². The van der Waals surface area contributed by atoms with Crippen LogP contribution < -0.4 is 16.3 Å². The van der Waals surface area contributed by atoms with Gasteiger partial charge in [-0.3, -0.25) is 14.4 Å². The first-order valence-corrected chi connectivity index (χ1v) is 4.44. The zero-order valence-corrected chi connectivity index (χ0v) is 8.03. The molecule has 0 fully saturated rings. The fraction of sp³-hybridized carbons (Fsp3) is 0.182. The monoisotopic (exact) mass is 190 g/mol. The number of benzene rings is 1. The van der Waals surface area contributed by atoms with Gasteiger partial charge in [-0.15, -0.1) is 0 Å². The number of hydrogen-bond acceptors (Lipinski definition) is 3. The lowest BCUT2D eigenvalue weighted by atomic mass is 10.2. The fourth-order valence-corrected chi connectivity index (χ4v) is 1.23. The van der Waals surface area contributed by atoms with Gasteiger partial charge in [0.05, 0.1) is 0 Å². The van der Waals surface area contributed by atoms with Crippen LogP contribution in [0.3, 0.4) is 0 Å². The predicted molar refractivity (Wildman–Crippen MR) is 56.5 cm³/mol. The van der Waals surface area contributed by atoms with Gasteiger partial charge >= 0.3 is 0 Å². The Morgan fingerprint density at radius 2 is 1.07 bits per heavy atom. The zero-order chi connectivity index (χ0) is 10.7. The van der Waals surface area contributed by atoms with E-state index >= 15 is 0 Å². The lowest BCUT2D eigenvalue weighted by molar-refractivity contribution is 1.50. The van der Waals surface area contributed by atoms with Crippen molar-refractivity contribution in [1.29, 1.82) is 0 Å². The van der Waals surface area contributed by atoms with Crippen LogP contribution in [0.25, 0.3) is 10.8 Å². The van der Waals surface area contributed by atoms with Crippen LogP contribution in [0.15, 0.2) is 38.6 Å². The smallest absolute Gasteiger partial charge is 0.273 e. The summed E-state index contributed by atoms with van der Waals surface area (Å²) in [5.74, 6) is 0. The quantitative estimate of drug-likeness (QED) is 0.578. The Balaban J connectivity index is 0.000000461. The van der Waals surface area contributed by atoms with E-state index in [-0.39, 0.29) is 10.8 Å². The number of fused-ring (bicyclic) bond motifs is 1. The molecule has 0 amide bonds. The molecular formula is C11H10O3. The molecule has 14 heavy (non-hydrogen) atoms. The Hall–Kier alpha value is -1.77. The van der Waals surface area contributed by atoms with Crippen molar-refractivity contribution in [2.45, 2.75) is 13.8 Å². The molecule has 2 aromatic rings. The fourth-order valence-electron chi connectivity index (χ4n) is 1.23. The standard InChI is InChI=1S/C9H4O3.C2H6/c10-7-5-3-1-2-4-6(5)8(11)9(7)12;1-2/h1-4H;1-2H3. The third kappa shape index (κ3) is 1.37. The van der Waals surface area contributed by atoms with Crippen LogP contribution in [0, 0.1) is 0 Å². The molecule has 0 aliphatic heterocycles. The molecule has 0 saturated carbocycles. The first-order chi connectivity index (χ1) is 6.72. The van der Waals surface area contributed by atoms with Crippen molar-refractivity contribution >= 4 is 10.8 Å². The maximum Gasteiger partial charge on any atom is 0.273 e. The van der Waals surface area contributed by atoms with Crippen LogP contribution in [0.1, 0.15) is 13.8 Å². The summed E-state index contributed by atoms with van der Waals surface area (Å²) >= 11 is 0. The van der Waals surface area contributed by atoms with E-state index in [0.29, 0.717) is 0 Å². The van der Waals surface area contributed by atoms with Crippen molar-refractivity contribution in [3.05, 3.63) is 54.9 Å². The second-order valence-electron chi connectivity index (χ2n) is 2.53. The minimum Gasteiger partial charge on any atom is -0.285 e. The molecule has 3 heteroatoms. The highest BCUT2D eigenvalue weighted by atomic mass is 16.2. The molecule has 0 bridgehead atoms. The maximum absolute atomic E-state index is 11.0. The molecule has 72 valence electrons. The van der Waals surface area contributed by atoms with Gasteiger partial charge in [0.2, 0.25) is 10.9 Å². The maximum atomic E-state index is 11.0. The molecular weight excluding hydrogens is 180 g/mol. The SMILES string of the molecule is CC.O=c1c(=O)c2ccccc2c1=O. The van der Waals surface area contributed by atoms with Crippen LogP contribution in [0.4, 0.5) is 0 Å². The van der Waals surface area contributed by atoms with Crippen LogP contribution in [-0.4, -0.2) is 0 Å². The van der Waals surface area contributed by atoms with E-state index in [1.54, 1.807) is 12.1 Å². The Kier molecular flexibility index (Phi) is 2.92. The summed E-state index contributed by atoms with van der Waals surface area (Å²) in [5, 5.41) is 0.458. The summed E-state index contributed by atoms with van der Waals surface area (Å²) in [6.45, 7) is 4.00. The normalized spacial score (nSPS) is 9.57. The molecule has 2 rings (SSSR count). The third-order valence-electron chi connectivity index (χ3n) is 1.83.